The van der Waals surface area contributed by atoms with Crippen molar-refractivity contribution in [2.45, 2.75) is 83.6 Å². The maximum absolute atomic E-state index is 12.6. The summed E-state index contributed by atoms with van der Waals surface area (Å²) in [5, 5.41) is 9.11. The predicted octanol–water partition coefficient (Wildman–Crippen LogP) is 4.25. The van der Waals surface area contributed by atoms with E-state index >= 15 is 0 Å². The molecular weight excluding hydrogens is 374 g/mol. The lowest BCUT2D eigenvalue weighted by Gasteiger charge is -2.37. The van der Waals surface area contributed by atoms with E-state index in [1.54, 1.807) is 0 Å². The van der Waals surface area contributed by atoms with E-state index in [2.05, 4.69) is 44.0 Å². The van der Waals surface area contributed by atoms with Gasteiger partial charge < -0.3 is 14.7 Å². The number of piperazine rings is 1. The number of hydrogen-bond donors (Lipinski definition) is 0. The van der Waals surface area contributed by atoms with Crippen LogP contribution in [0.25, 0.3) is 0 Å². The molecule has 3 fully saturated rings. The summed E-state index contributed by atoms with van der Waals surface area (Å²) in [7, 11) is 0. The van der Waals surface area contributed by atoms with Gasteiger partial charge in [0.15, 0.2) is 11.6 Å². The second-order valence-electron chi connectivity index (χ2n) is 9.41. The normalized spacial score (nSPS) is 23.6. The highest BCUT2D eigenvalue weighted by molar-refractivity contribution is 5.76. The van der Waals surface area contributed by atoms with Gasteiger partial charge in [-0.25, -0.2) is 0 Å². The fraction of sp³-hybridized carbons (Fsp3) is 0.792. The molecule has 166 valence electrons. The first kappa shape index (κ1) is 21.4. The van der Waals surface area contributed by atoms with Crippen LogP contribution < -0.4 is 9.80 Å². The zero-order valence-electron chi connectivity index (χ0n) is 18.8. The average Bonchev–Trinajstić information content (AvgIpc) is 2.83. The molecule has 1 aromatic rings. The SMILES string of the molecule is CCC1CCCCN1c1ccc(N2CCN(C(=O)CCC3CCCCC3)CC2)nn1. The van der Waals surface area contributed by atoms with Crippen LogP contribution in [0.2, 0.25) is 0 Å². The monoisotopic (exact) mass is 413 g/mol. The minimum absolute atomic E-state index is 0.345. The van der Waals surface area contributed by atoms with Gasteiger partial charge in [0.2, 0.25) is 5.91 Å². The standard InChI is InChI=1S/C24H39N5O/c1-2-21-10-6-7-15-29(21)23-13-12-22(25-26-23)27-16-18-28(19-17-27)24(30)14-11-20-8-4-3-5-9-20/h12-13,20-21H,2-11,14-19H2,1H3. The highest BCUT2D eigenvalue weighted by Gasteiger charge is 2.25. The number of rotatable bonds is 6. The zero-order chi connectivity index (χ0) is 20.8. The first-order valence-electron chi connectivity index (χ1n) is 12.4. The Balaban J connectivity index is 1.25. The van der Waals surface area contributed by atoms with E-state index in [1.807, 2.05) is 0 Å². The van der Waals surface area contributed by atoms with E-state index in [1.165, 1.54) is 57.8 Å². The molecule has 0 spiro atoms. The molecule has 6 heteroatoms. The van der Waals surface area contributed by atoms with Crippen molar-refractivity contribution in [1.82, 2.24) is 15.1 Å². The summed E-state index contributed by atoms with van der Waals surface area (Å²) in [4.78, 5) is 19.4. The van der Waals surface area contributed by atoms with Gasteiger partial charge in [0.25, 0.3) is 0 Å². The van der Waals surface area contributed by atoms with Crippen molar-refractivity contribution in [1.29, 1.82) is 0 Å². The van der Waals surface area contributed by atoms with Gasteiger partial charge in [-0.2, -0.15) is 0 Å². The first-order chi connectivity index (χ1) is 14.7. The second kappa shape index (κ2) is 10.5. The second-order valence-corrected chi connectivity index (χ2v) is 9.41. The van der Waals surface area contributed by atoms with Crippen LogP contribution >= 0.6 is 0 Å². The maximum atomic E-state index is 12.6. The van der Waals surface area contributed by atoms with Crippen LogP contribution in [0.5, 0.6) is 0 Å². The smallest absolute Gasteiger partial charge is 0.222 e. The van der Waals surface area contributed by atoms with Crippen LogP contribution in [0.15, 0.2) is 12.1 Å². The molecule has 1 amide bonds. The number of hydrogen-bond acceptors (Lipinski definition) is 5. The fourth-order valence-corrected chi connectivity index (χ4v) is 5.51. The lowest BCUT2D eigenvalue weighted by molar-refractivity contribution is -0.131. The molecule has 1 saturated carbocycles. The van der Waals surface area contributed by atoms with Gasteiger partial charge in [0.05, 0.1) is 0 Å². The van der Waals surface area contributed by atoms with E-state index in [0.717, 1.165) is 63.1 Å². The number of carbonyl (C=O) groups is 1. The maximum Gasteiger partial charge on any atom is 0.222 e. The van der Waals surface area contributed by atoms with Crippen molar-refractivity contribution in [3.8, 4) is 0 Å². The average molecular weight is 414 g/mol. The predicted molar refractivity (Wildman–Crippen MR) is 122 cm³/mol. The molecule has 0 N–H and O–H groups in total. The van der Waals surface area contributed by atoms with Crippen LogP contribution in [-0.2, 0) is 4.79 Å². The Morgan fingerprint density at radius 1 is 0.900 bits per heavy atom. The molecule has 1 aliphatic carbocycles. The summed E-state index contributed by atoms with van der Waals surface area (Å²) in [6.45, 7) is 6.66. The van der Waals surface area contributed by atoms with Crippen LogP contribution in [0.3, 0.4) is 0 Å². The Bertz CT molecular complexity index is 665. The fourth-order valence-electron chi connectivity index (χ4n) is 5.51. The molecule has 0 bridgehead atoms. The molecule has 3 aliphatic rings. The molecule has 1 unspecified atom stereocenters. The van der Waals surface area contributed by atoms with Crippen LogP contribution in [0.1, 0.15) is 77.6 Å². The third-order valence-corrected chi connectivity index (χ3v) is 7.48. The molecule has 0 radical (unpaired) electrons. The Morgan fingerprint density at radius 2 is 1.60 bits per heavy atom. The van der Waals surface area contributed by atoms with Crippen LogP contribution in [0.4, 0.5) is 11.6 Å². The van der Waals surface area contributed by atoms with Gasteiger partial charge in [-0.15, -0.1) is 10.2 Å². The topological polar surface area (TPSA) is 52.6 Å². The zero-order valence-corrected chi connectivity index (χ0v) is 18.8. The van der Waals surface area contributed by atoms with Crippen molar-refractivity contribution < 1.29 is 4.79 Å². The minimum Gasteiger partial charge on any atom is -0.352 e. The van der Waals surface area contributed by atoms with E-state index in [9.17, 15) is 4.79 Å². The first-order valence-corrected chi connectivity index (χ1v) is 12.4. The quantitative estimate of drug-likeness (QED) is 0.698. The number of amides is 1. The summed E-state index contributed by atoms with van der Waals surface area (Å²) in [6.07, 6.45) is 13.6. The van der Waals surface area contributed by atoms with E-state index in [4.69, 9.17) is 0 Å². The Hall–Kier alpha value is -1.85. The molecule has 30 heavy (non-hydrogen) atoms. The molecule has 6 nitrogen and oxygen atoms in total. The van der Waals surface area contributed by atoms with E-state index in [0.29, 0.717) is 11.9 Å². The number of aromatic nitrogens is 2. The molecule has 2 saturated heterocycles. The van der Waals surface area contributed by atoms with Crippen molar-refractivity contribution in [3.05, 3.63) is 12.1 Å². The number of anilines is 2. The van der Waals surface area contributed by atoms with Crippen LogP contribution in [0, 0.1) is 5.92 Å². The van der Waals surface area contributed by atoms with Gasteiger partial charge in [-0.3, -0.25) is 4.79 Å². The van der Waals surface area contributed by atoms with Crippen LogP contribution in [-0.4, -0.2) is 59.8 Å². The van der Waals surface area contributed by atoms with Gasteiger partial charge in [0.1, 0.15) is 0 Å². The molecule has 2 aliphatic heterocycles. The lowest BCUT2D eigenvalue weighted by Crippen LogP contribution is -2.49. The van der Waals surface area contributed by atoms with E-state index < -0.39 is 0 Å². The summed E-state index contributed by atoms with van der Waals surface area (Å²) >= 11 is 0. The van der Waals surface area contributed by atoms with Gasteiger partial charge in [-0.05, 0) is 50.2 Å². The van der Waals surface area contributed by atoms with Gasteiger partial charge >= 0.3 is 0 Å². The summed E-state index contributed by atoms with van der Waals surface area (Å²) in [5.74, 6) is 3.09. The molecular formula is C24H39N5O. The Kier molecular flexibility index (Phi) is 7.45. The largest absolute Gasteiger partial charge is 0.352 e. The highest BCUT2D eigenvalue weighted by Crippen LogP contribution is 2.28. The third kappa shape index (κ3) is 5.25. The van der Waals surface area contributed by atoms with Crippen molar-refractivity contribution >= 4 is 17.5 Å². The van der Waals surface area contributed by atoms with Gasteiger partial charge in [0, 0.05) is 45.2 Å². The molecule has 1 atom stereocenters. The number of piperidine rings is 1. The number of nitrogens with zero attached hydrogens (tertiary/aromatic N) is 5. The lowest BCUT2D eigenvalue weighted by atomic mass is 9.86. The summed E-state index contributed by atoms with van der Waals surface area (Å²) < 4.78 is 0. The van der Waals surface area contributed by atoms with Gasteiger partial charge in [-0.1, -0.05) is 39.0 Å². The number of carbonyl (C=O) groups excluding carboxylic acids is 1. The van der Waals surface area contributed by atoms with E-state index in [-0.39, 0.29) is 0 Å². The Morgan fingerprint density at radius 3 is 2.30 bits per heavy atom. The van der Waals surface area contributed by atoms with Crippen molar-refractivity contribution in [2.24, 2.45) is 5.92 Å². The molecule has 1 aromatic heterocycles. The minimum atomic E-state index is 0.345. The highest BCUT2D eigenvalue weighted by atomic mass is 16.2. The molecule has 4 rings (SSSR count). The van der Waals surface area contributed by atoms with Crippen molar-refractivity contribution in [3.63, 3.8) is 0 Å². The summed E-state index contributed by atoms with van der Waals surface area (Å²) in [6, 6.07) is 4.85. The summed E-state index contributed by atoms with van der Waals surface area (Å²) in [5.41, 5.74) is 0. The van der Waals surface area contributed by atoms with Crippen molar-refractivity contribution in [2.75, 3.05) is 42.5 Å². The Labute approximate surface area is 182 Å². The third-order valence-electron chi connectivity index (χ3n) is 7.48. The molecule has 3 heterocycles. The molecule has 0 aromatic carbocycles.